The Hall–Kier alpha value is -2.14. The average molecular weight is 326 g/mol. The SMILES string of the molecule is O=C(CCC1CCNCC1)Nc1ccnn1CCc1ccccc1. The van der Waals surface area contributed by atoms with Crippen LogP contribution in [0.5, 0.6) is 0 Å². The fourth-order valence-electron chi connectivity index (χ4n) is 3.21. The van der Waals surface area contributed by atoms with Gasteiger partial charge in [0, 0.05) is 19.0 Å². The maximum atomic E-state index is 12.2. The van der Waals surface area contributed by atoms with Crippen LogP contribution >= 0.6 is 0 Å². The summed E-state index contributed by atoms with van der Waals surface area (Å²) in [7, 11) is 0. The van der Waals surface area contributed by atoms with Crippen molar-refractivity contribution in [2.45, 2.75) is 38.6 Å². The van der Waals surface area contributed by atoms with Crippen LogP contribution < -0.4 is 10.6 Å². The van der Waals surface area contributed by atoms with Crippen molar-refractivity contribution in [3.63, 3.8) is 0 Å². The van der Waals surface area contributed by atoms with Gasteiger partial charge < -0.3 is 10.6 Å². The highest BCUT2D eigenvalue weighted by Crippen LogP contribution is 2.18. The molecule has 1 aliphatic heterocycles. The Balaban J connectivity index is 1.46. The molecule has 3 rings (SSSR count). The van der Waals surface area contributed by atoms with Gasteiger partial charge in [-0.25, -0.2) is 4.68 Å². The number of aryl methyl sites for hydroxylation is 2. The van der Waals surface area contributed by atoms with E-state index in [1.165, 1.54) is 18.4 Å². The molecule has 2 N–H and O–H groups in total. The van der Waals surface area contributed by atoms with Crippen molar-refractivity contribution < 1.29 is 4.79 Å². The van der Waals surface area contributed by atoms with Crippen LogP contribution in [0.1, 0.15) is 31.2 Å². The maximum Gasteiger partial charge on any atom is 0.225 e. The number of carbonyl (C=O) groups is 1. The van der Waals surface area contributed by atoms with Gasteiger partial charge in [0.1, 0.15) is 5.82 Å². The van der Waals surface area contributed by atoms with E-state index in [0.29, 0.717) is 12.3 Å². The van der Waals surface area contributed by atoms with Crippen LogP contribution in [0.15, 0.2) is 42.6 Å². The summed E-state index contributed by atoms with van der Waals surface area (Å²) < 4.78 is 1.87. The molecule has 1 aromatic carbocycles. The number of rotatable bonds is 7. The number of nitrogens with one attached hydrogen (secondary N) is 2. The predicted octanol–water partition coefficient (Wildman–Crippen LogP) is 2.84. The molecule has 1 fully saturated rings. The molecular formula is C19H26N4O. The van der Waals surface area contributed by atoms with Crippen LogP contribution in [-0.2, 0) is 17.8 Å². The van der Waals surface area contributed by atoms with Crippen molar-refractivity contribution in [3.05, 3.63) is 48.2 Å². The highest BCUT2D eigenvalue weighted by Gasteiger charge is 2.15. The normalized spacial score (nSPS) is 15.3. The van der Waals surface area contributed by atoms with Crippen LogP contribution in [0, 0.1) is 5.92 Å². The smallest absolute Gasteiger partial charge is 0.225 e. The molecule has 5 nitrogen and oxygen atoms in total. The van der Waals surface area contributed by atoms with Crippen molar-refractivity contribution in [1.29, 1.82) is 0 Å². The van der Waals surface area contributed by atoms with Crippen LogP contribution in [-0.4, -0.2) is 28.8 Å². The quantitative estimate of drug-likeness (QED) is 0.822. The molecule has 0 radical (unpaired) electrons. The molecule has 2 heterocycles. The summed E-state index contributed by atoms with van der Waals surface area (Å²) in [6.45, 7) is 2.93. The first kappa shape index (κ1) is 16.7. The van der Waals surface area contributed by atoms with Gasteiger partial charge in [-0.3, -0.25) is 4.79 Å². The Morgan fingerprint density at radius 3 is 2.79 bits per heavy atom. The number of amides is 1. The minimum Gasteiger partial charge on any atom is -0.317 e. The zero-order valence-corrected chi connectivity index (χ0v) is 14.1. The highest BCUT2D eigenvalue weighted by atomic mass is 16.1. The van der Waals surface area contributed by atoms with Crippen molar-refractivity contribution in [3.8, 4) is 0 Å². The summed E-state index contributed by atoms with van der Waals surface area (Å²) in [5, 5.41) is 10.7. The molecule has 1 aromatic heterocycles. The maximum absolute atomic E-state index is 12.2. The van der Waals surface area contributed by atoms with Crippen LogP contribution in [0.4, 0.5) is 5.82 Å². The first-order valence-electron chi connectivity index (χ1n) is 8.87. The van der Waals surface area contributed by atoms with Gasteiger partial charge in [-0.2, -0.15) is 5.10 Å². The van der Waals surface area contributed by atoms with E-state index in [-0.39, 0.29) is 5.91 Å². The summed E-state index contributed by atoms with van der Waals surface area (Å²) >= 11 is 0. The van der Waals surface area contributed by atoms with E-state index in [1.807, 2.05) is 28.9 Å². The van der Waals surface area contributed by atoms with Gasteiger partial charge in [-0.1, -0.05) is 30.3 Å². The van der Waals surface area contributed by atoms with Crippen molar-refractivity contribution >= 4 is 11.7 Å². The third-order valence-electron chi connectivity index (χ3n) is 4.68. The van der Waals surface area contributed by atoms with E-state index < -0.39 is 0 Å². The van der Waals surface area contributed by atoms with Gasteiger partial charge in [0.05, 0.1) is 6.20 Å². The lowest BCUT2D eigenvalue weighted by atomic mass is 9.93. The second kappa shape index (κ2) is 8.64. The van der Waals surface area contributed by atoms with E-state index in [4.69, 9.17) is 0 Å². The lowest BCUT2D eigenvalue weighted by Crippen LogP contribution is -2.28. The van der Waals surface area contributed by atoms with Crippen LogP contribution in [0.25, 0.3) is 0 Å². The summed E-state index contributed by atoms with van der Waals surface area (Å²) in [6.07, 6.45) is 6.58. The Bertz CT molecular complexity index is 632. The minimum atomic E-state index is 0.0926. The van der Waals surface area contributed by atoms with E-state index in [0.717, 1.165) is 38.3 Å². The predicted molar refractivity (Wildman–Crippen MR) is 95.8 cm³/mol. The Morgan fingerprint density at radius 2 is 2.00 bits per heavy atom. The number of hydrogen-bond donors (Lipinski definition) is 2. The van der Waals surface area contributed by atoms with E-state index in [9.17, 15) is 4.79 Å². The van der Waals surface area contributed by atoms with Gasteiger partial charge >= 0.3 is 0 Å². The molecule has 0 bridgehead atoms. The van der Waals surface area contributed by atoms with E-state index in [2.05, 4.69) is 27.9 Å². The summed E-state index contributed by atoms with van der Waals surface area (Å²) in [5.74, 6) is 1.57. The van der Waals surface area contributed by atoms with Crippen molar-refractivity contribution in [1.82, 2.24) is 15.1 Å². The Morgan fingerprint density at radius 1 is 1.21 bits per heavy atom. The lowest BCUT2D eigenvalue weighted by Gasteiger charge is -2.22. The third-order valence-corrected chi connectivity index (χ3v) is 4.68. The zero-order chi connectivity index (χ0) is 16.6. The molecule has 1 aliphatic rings. The molecule has 0 saturated carbocycles. The highest BCUT2D eigenvalue weighted by molar-refractivity contribution is 5.89. The van der Waals surface area contributed by atoms with E-state index in [1.54, 1.807) is 6.20 Å². The van der Waals surface area contributed by atoms with Crippen LogP contribution in [0.3, 0.4) is 0 Å². The standard InChI is InChI=1S/C19H26N4O/c24-19(7-6-17-8-12-20-13-9-17)22-18-10-14-21-23(18)15-11-16-4-2-1-3-5-16/h1-5,10,14,17,20H,6-9,11-13,15H2,(H,22,24). The number of benzene rings is 1. The average Bonchev–Trinajstić information content (AvgIpc) is 3.07. The van der Waals surface area contributed by atoms with E-state index >= 15 is 0 Å². The summed E-state index contributed by atoms with van der Waals surface area (Å²) in [6, 6.07) is 12.2. The first-order chi connectivity index (χ1) is 11.8. The second-order valence-corrected chi connectivity index (χ2v) is 6.46. The third kappa shape index (κ3) is 4.93. The zero-order valence-electron chi connectivity index (χ0n) is 14.1. The Labute approximate surface area is 143 Å². The fourth-order valence-corrected chi connectivity index (χ4v) is 3.21. The molecule has 24 heavy (non-hydrogen) atoms. The molecule has 128 valence electrons. The van der Waals surface area contributed by atoms with Gasteiger partial charge in [-0.15, -0.1) is 0 Å². The fraction of sp³-hybridized carbons (Fsp3) is 0.474. The van der Waals surface area contributed by atoms with Gasteiger partial charge in [0.2, 0.25) is 5.91 Å². The number of nitrogens with zero attached hydrogens (tertiary/aromatic N) is 2. The second-order valence-electron chi connectivity index (χ2n) is 6.46. The molecule has 1 amide bonds. The molecule has 1 saturated heterocycles. The number of anilines is 1. The minimum absolute atomic E-state index is 0.0926. The molecule has 0 atom stereocenters. The molecule has 5 heteroatoms. The topological polar surface area (TPSA) is 59.0 Å². The summed E-state index contributed by atoms with van der Waals surface area (Å²) in [4.78, 5) is 12.2. The first-order valence-corrected chi connectivity index (χ1v) is 8.87. The van der Waals surface area contributed by atoms with Gasteiger partial charge in [0.25, 0.3) is 0 Å². The Kier molecular flexibility index (Phi) is 6.01. The van der Waals surface area contributed by atoms with Gasteiger partial charge in [-0.05, 0) is 50.3 Å². The molecule has 0 spiro atoms. The van der Waals surface area contributed by atoms with Crippen molar-refractivity contribution in [2.75, 3.05) is 18.4 Å². The monoisotopic (exact) mass is 326 g/mol. The number of carbonyl (C=O) groups excluding carboxylic acids is 1. The summed E-state index contributed by atoms with van der Waals surface area (Å²) in [5.41, 5.74) is 1.27. The number of piperidine rings is 1. The molecule has 0 aliphatic carbocycles. The van der Waals surface area contributed by atoms with Crippen molar-refractivity contribution in [2.24, 2.45) is 5.92 Å². The largest absolute Gasteiger partial charge is 0.317 e. The lowest BCUT2D eigenvalue weighted by molar-refractivity contribution is -0.116. The molecular weight excluding hydrogens is 300 g/mol. The number of hydrogen-bond acceptors (Lipinski definition) is 3. The molecule has 0 unspecified atom stereocenters. The van der Waals surface area contributed by atoms with Gasteiger partial charge in [0.15, 0.2) is 0 Å². The van der Waals surface area contributed by atoms with Crippen LogP contribution in [0.2, 0.25) is 0 Å². The number of aromatic nitrogens is 2. The molecule has 2 aromatic rings.